The average molecular weight is 361 g/mol. The molecule has 2 saturated heterocycles. The Hall–Kier alpha value is -0.700. The molecule has 1 atom stereocenters. The quantitative estimate of drug-likeness (QED) is 0.565. The number of unbranched alkanes of at least 4 members (excludes halogenated alkanes) is 1. The topological polar surface area (TPSA) is 81.8 Å². The fourth-order valence-corrected chi connectivity index (χ4v) is 5.23. The van der Waals surface area contributed by atoms with Gasteiger partial charge in [-0.1, -0.05) is 13.3 Å². The molecule has 0 bridgehead atoms. The Kier molecular flexibility index (Phi) is 7.93. The minimum Gasteiger partial charge on any atom is -0.355 e. The molecule has 140 valence electrons. The number of nitrogens with zero attached hydrogens (tertiary/aromatic N) is 2. The van der Waals surface area contributed by atoms with Crippen molar-refractivity contribution in [3.05, 3.63) is 0 Å². The molecule has 0 aromatic heterocycles. The van der Waals surface area contributed by atoms with E-state index in [0.717, 1.165) is 52.0 Å². The molecule has 8 heteroatoms. The van der Waals surface area contributed by atoms with Crippen molar-refractivity contribution in [3.63, 3.8) is 0 Å². The van der Waals surface area contributed by atoms with Gasteiger partial charge >= 0.3 is 0 Å². The van der Waals surface area contributed by atoms with Crippen LogP contribution in [0.3, 0.4) is 0 Å². The van der Waals surface area contributed by atoms with Gasteiger partial charge in [-0.15, -0.1) is 0 Å². The minimum atomic E-state index is -3.31. The Morgan fingerprint density at radius 1 is 1.21 bits per heavy atom. The van der Waals surface area contributed by atoms with Crippen LogP contribution in [-0.4, -0.2) is 81.1 Å². The van der Waals surface area contributed by atoms with Gasteiger partial charge in [0.25, 0.3) is 0 Å². The Morgan fingerprint density at radius 2 is 1.96 bits per heavy atom. The highest BCUT2D eigenvalue weighted by molar-refractivity contribution is 7.89. The molecule has 0 aromatic carbocycles. The van der Waals surface area contributed by atoms with Crippen molar-refractivity contribution in [1.82, 2.24) is 19.8 Å². The van der Waals surface area contributed by atoms with Crippen LogP contribution in [0.25, 0.3) is 0 Å². The molecule has 2 N–H and O–H groups in total. The lowest BCUT2D eigenvalue weighted by molar-refractivity contribution is -0.124. The molecule has 2 rings (SSSR count). The predicted octanol–water partition coefficient (Wildman–Crippen LogP) is -0.00780. The number of carbonyl (C=O) groups is 1. The van der Waals surface area contributed by atoms with Crippen LogP contribution < -0.4 is 10.6 Å². The summed E-state index contributed by atoms with van der Waals surface area (Å²) >= 11 is 0. The molecule has 7 nitrogen and oxygen atoms in total. The maximum absolute atomic E-state index is 12.4. The van der Waals surface area contributed by atoms with Gasteiger partial charge in [0, 0.05) is 39.3 Å². The molecule has 2 aliphatic heterocycles. The third-order valence-electron chi connectivity index (χ3n) is 4.78. The fraction of sp³-hybridized carbons (Fsp3) is 0.938. The minimum absolute atomic E-state index is 0.132. The van der Waals surface area contributed by atoms with E-state index in [1.807, 2.05) is 6.92 Å². The molecule has 2 fully saturated rings. The lowest BCUT2D eigenvalue weighted by Gasteiger charge is -2.27. The number of sulfonamides is 1. The highest BCUT2D eigenvalue weighted by atomic mass is 32.2. The Bertz CT molecular complexity index is 492. The molecule has 0 radical (unpaired) electrons. The average Bonchev–Trinajstić information content (AvgIpc) is 3.08. The maximum Gasteiger partial charge on any atom is 0.238 e. The summed E-state index contributed by atoms with van der Waals surface area (Å²) in [6, 6.07) is -0.508. The highest BCUT2D eigenvalue weighted by Gasteiger charge is 2.37. The van der Waals surface area contributed by atoms with E-state index in [1.54, 1.807) is 0 Å². The summed E-state index contributed by atoms with van der Waals surface area (Å²) in [5, 5.41) is 6.26. The molecule has 24 heavy (non-hydrogen) atoms. The van der Waals surface area contributed by atoms with Crippen LogP contribution in [0.2, 0.25) is 0 Å². The summed E-state index contributed by atoms with van der Waals surface area (Å²) in [7, 11) is -3.31. The highest BCUT2D eigenvalue weighted by Crippen LogP contribution is 2.22. The summed E-state index contributed by atoms with van der Waals surface area (Å²) in [6.45, 7) is 8.21. The summed E-state index contributed by atoms with van der Waals surface area (Å²) in [4.78, 5) is 14.8. The van der Waals surface area contributed by atoms with Gasteiger partial charge < -0.3 is 15.5 Å². The molecule has 0 saturated carbocycles. The maximum atomic E-state index is 12.4. The van der Waals surface area contributed by atoms with Crippen LogP contribution in [0.4, 0.5) is 0 Å². The van der Waals surface area contributed by atoms with E-state index in [-0.39, 0.29) is 11.7 Å². The van der Waals surface area contributed by atoms with Gasteiger partial charge in [0.05, 0.1) is 5.75 Å². The zero-order valence-corrected chi connectivity index (χ0v) is 15.6. The normalized spacial score (nSPS) is 23.5. The van der Waals surface area contributed by atoms with Crippen LogP contribution in [0, 0.1) is 0 Å². The summed E-state index contributed by atoms with van der Waals surface area (Å²) in [5.74, 6) is 0.0175. The Labute approximate surface area is 146 Å². The lowest BCUT2D eigenvalue weighted by atomic mass is 10.2. The number of piperazine rings is 1. The van der Waals surface area contributed by atoms with Crippen LogP contribution in [0.1, 0.15) is 39.0 Å². The van der Waals surface area contributed by atoms with Gasteiger partial charge in [0.1, 0.15) is 6.04 Å². The van der Waals surface area contributed by atoms with E-state index < -0.39 is 16.1 Å². The van der Waals surface area contributed by atoms with Crippen LogP contribution in [0.15, 0.2) is 0 Å². The van der Waals surface area contributed by atoms with Gasteiger partial charge in [0.15, 0.2) is 0 Å². The first-order chi connectivity index (χ1) is 11.5. The van der Waals surface area contributed by atoms with E-state index in [1.165, 1.54) is 4.31 Å². The molecule has 1 unspecified atom stereocenters. The Balaban J connectivity index is 1.74. The van der Waals surface area contributed by atoms with Gasteiger partial charge in [0.2, 0.25) is 15.9 Å². The van der Waals surface area contributed by atoms with Gasteiger partial charge in [-0.05, 0) is 32.2 Å². The smallest absolute Gasteiger partial charge is 0.238 e. The summed E-state index contributed by atoms with van der Waals surface area (Å²) in [6.07, 6.45) is 3.80. The van der Waals surface area contributed by atoms with Crippen molar-refractivity contribution < 1.29 is 13.2 Å². The van der Waals surface area contributed by atoms with Gasteiger partial charge in [-0.3, -0.25) is 4.79 Å². The van der Waals surface area contributed by atoms with E-state index in [2.05, 4.69) is 15.5 Å². The second kappa shape index (κ2) is 9.70. The first kappa shape index (κ1) is 19.6. The first-order valence-corrected chi connectivity index (χ1v) is 10.9. The number of rotatable bonds is 9. The molecule has 0 spiro atoms. The van der Waals surface area contributed by atoms with E-state index in [9.17, 15) is 13.2 Å². The van der Waals surface area contributed by atoms with Crippen LogP contribution in [0.5, 0.6) is 0 Å². The lowest BCUT2D eigenvalue weighted by Crippen LogP contribution is -2.47. The first-order valence-electron chi connectivity index (χ1n) is 9.25. The van der Waals surface area contributed by atoms with Crippen molar-refractivity contribution in [2.45, 2.75) is 45.1 Å². The number of carbonyl (C=O) groups excluding carboxylic acids is 1. The molecular formula is C16H32N4O3S. The second-order valence-electron chi connectivity index (χ2n) is 6.67. The van der Waals surface area contributed by atoms with Crippen LogP contribution >= 0.6 is 0 Å². The standard InChI is InChI=1S/C16H32N4O3S/c1-2-3-14-24(22,23)20-11-4-6-15(20)16(21)18-7-5-10-19-12-8-17-9-13-19/h15,17H,2-14H2,1H3,(H,18,21). The number of nitrogens with one attached hydrogen (secondary N) is 2. The van der Waals surface area contributed by atoms with E-state index >= 15 is 0 Å². The van der Waals surface area contributed by atoms with Crippen LogP contribution in [-0.2, 0) is 14.8 Å². The van der Waals surface area contributed by atoms with Gasteiger partial charge in [-0.2, -0.15) is 4.31 Å². The molecular weight excluding hydrogens is 328 g/mol. The second-order valence-corrected chi connectivity index (χ2v) is 8.72. The zero-order chi connectivity index (χ0) is 17.4. The monoisotopic (exact) mass is 360 g/mol. The van der Waals surface area contributed by atoms with Crippen molar-refractivity contribution in [1.29, 1.82) is 0 Å². The zero-order valence-electron chi connectivity index (χ0n) is 14.8. The molecule has 2 heterocycles. The fourth-order valence-electron chi connectivity index (χ4n) is 3.35. The summed E-state index contributed by atoms with van der Waals surface area (Å²) in [5.41, 5.74) is 0. The molecule has 2 aliphatic rings. The van der Waals surface area contributed by atoms with Gasteiger partial charge in [-0.25, -0.2) is 8.42 Å². The Morgan fingerprint density at radius 3 is 2.67 bits per heavy atom. The SMILES string of the molecule is CCCCS(=O)(=O)N1CCCC1C(=O)NCCCN1CCNCC1. The van der Waals surface area contributed by atoms with E-state index in [4.69, 9.17) is 0 Å². The number of amides is 1. The molecule has 0 aromatic rings. The predicted molar refractivity (Wildman–Crippen MR) is 95.4 cm³/mol. The third-order valence-corrected chi connectivity index (χ3v) is 6.74. The largest absolute Gasteiger partial charge is 0.355 e. The van der Waals surface area contributed by atoms with Crippen molar-refractivity contribution in [2.75, 3.05) is 51.6 Å². The van der Waals surface area contributed by atoms with Crippen molar-refractivity contribution in [2.24, 2.45) is 0 Å². The summed E-state index contributed by atoms with van der Waals surface area (Å²) < 4.78 is 26.2. The van der Waals surface area contributed by atoms with Crippen molar-refractivity contribution in [3.8, 4) is 0 Å². The van der Waals surface area contributed by atoms with Crippen molar-refractivity contribution >= 4 is 15.9 Å². The number of hydrogen-bond acceptors (Lipinski definition) is 5. The molecule has 0 aliphatic carbocycles. The number of hydrogen-bond donors (Lipinski definition) is 2. The molecule has 1 amide bonds. The third kappa shape index (κ3) is 5.68. The van der Waals surface area contributed by atoms with E-state index in [0.29, 0.717) is 25.9 Å².